The van der Waals surface area contributed by atoms with E-state index in [0.717, 1.165) is 5.69 Å². The molecule has 1 heterocycles. The molecule has 0 amide bonds. The molecular weight excluding hydrogens is 114 g/mol. The largest absolute Gasteiger partial charge is 0.345 e. The number of H-pyrrole nitrogens is 1. The van der Waals surface area contributed by atoms with Crippen LogP contribution in [-0.2, 0) is 0 Å². The molecule has 0 bridgehead atoms. The fourth-order valence-electron chi connectivity index (χ4n) is 0.510. The summed E-state index contributed by atoms with van der Waals surface area (Å²) in [5.41, 5.74) is 0.915. The zero-order valence-corrected chi connectivity index (χ0v) is 4.83. The first-order valence-electron chi connectivity index (χ1n) is 2.59. The third-order valence-electron chi connectivity index (χ3n) is 0.891. The van der Waals surface area contributed by atoms with Crippen molar-refractivity contribution < 1.29 is 0 Å². The summed E-state index contributed by atoms with van der Waals surface area (Å²) in [5.74, 6) is 0. The number of allylic oxidation sites excluding steroid dienone is 1. The molecule has 1 rings (SSSR count). The smallest absolute Gasteiger partial charge is 0.0924 e. The molecule has 3 nitrogen and oxygen atoms in total. The van der Waals surface area contributed by atoms with Gasteiger partial charge in [0.05, 0.1) is 18.2 Å². The summed E-state index contributed by atoms with van der Waals surface area (Å²) < 4.78 is 0. The van der Waals surface area contributed by atoms with Gasteiger partial charge in [0.1, 0.15) is 0 Å². The van der Waals surface area contributed by atoms with Crippen molar-refractivity contribution in [2.75, 3.05) is 0 Å². The molecule has 0 aliphatic carbocycles. The van der Waals surface area contributed by atoms with Crippen molar-refractivity contribution in [3.05, 3.63) is 24.3 Å². The molecule has 1 aromatic rings. The summed E-state index contributed by atoms with van der Waals surface area (Å²) in [5, 5.41) is 6.66. The first-order chi connectivity index (χ1) is 4.43. The Kier molecular flexibility index (Phi) is 1.80. The first-order valence-corrected chi connectivity index (χ1v) is 2.59. The van der Waals surface area contributed by atoms with Crippen LogP contribution in [0.5, 0.6) is 0 Å². The zero-order chi connectivity index (χ0) is 6.53. The molecule has 0 saturated carbocycles. The van der Waals surface area contributed by atoms with Crippen LogP contribution in [0.4, 0.5) is 0 Å². The van der Waals surface area contributed by atoms with Crippen molar-refractivity contribution in [3.8, 4) is 0 Å². The quantitative estimate of drug-likeness (QED) is 0.565. The average molecular weight is 121 g/mol. The predicted molar refractivity (Wildman–Crippen MR) is 36.4 cm³/mol. The summed E-state index contributed by atoms with van der Waals surface area (Å²) in [7, 11) is 0. The maximum Gasteiger partial charge on any atom is 0.0924 e. The summed E-state index contributed by atoms with van der Waals surface area (Å²) in [6.45, 7) is 0. The Morgan fingerprint density at radius 3 is 3.11 bits per heavy atom. The Morgan fingerprint density at radius 2 is 2.56 bits per heavy atom. The van der Waals surface area contributed by atoms with Gasteiger partial charge < -0.3 is 10.4 Å². The number of imidazole rings is 1. The zero-order valence-electron chi connectivity index (χ0n) is 4.83. The lowest BCUT2D eigenvalue weighted by Crippen LogP contribution is -1.66. The van der Waals surface area contributed by atoms with Gasteiger partial charge in [-0.2, -0.15) is 0 Å². The highest BCUT2D eigenvalue weighted by molar-refractivity contribution is 5.74. The maximum absolute atomic E-state index is 6.66. The molecule has 0 aliphatic heterocycles. The second-order valence-corrected chi connectivity index (χ2v) is 1.53. The topological polar surface area (TPSA) is 52.5 Å². The molecular formula is C6H7N3. The van der Waals surface area contributed by atoms with Crippen molar-refractivity contribution in [2.45, 2.75) is 0 Å². The number of hydrogen-bond donors (Lipinski definition) is 2. The molecule has 3 heteroatoms. The minimum absolute atomic E-state index is 0.915. The minimum Gasteiger partial charge on any atom is -0.345 e. The number of rotatable bonds is 2. The number of nitrogens with zero attached hydrogens (tertiary/aromatic N) is 1. The molecule has 9 heavy (non-hydrogen) atoms. The predicted octanol–water partition coefficient (Wildman–Crippen LogP) is 1.07. The number of hydrogen-bond acceptors (Lipinski definition) is 2. The van der Waals surface area contributed by atoms with Gasteiger partial charge in [0.2, 0.25) is 0 Å². The van der Waals surface area contributed by atoms with Crippen LogP contribution in [0.25, 0.3) is 6.08 Å². The summed E-state index contributed by atoms with van der Waals surface area (Å²) >= 11 is 0. The average Bonchev–Trinajstić information content (AvgIpc) is 2.34. The van der Waals surface area contributed by atoms with Gasteiger partial charge in [-0.05, 0) is 12.2 Å². The number of aromatic nitrogens is 2. The van der Waals surface area contributed by atoms with Gasteiger partial charge in [-0.3, -0.25) is 0 Å². The van der Waals surface area contributed by atoms with Crippen molar-refractivity contribution in [3.63, 3.8) is 0 Å². The molecule has 0 unspecified atom stereocenters. The van der Waals surface area contributed by atoms with Gasteiger partial charge in [-0.1, -0.05) is 0 Å². The van der Waals surface area contributed by atoms with Crippen molar-refractivity contribution in [1.29, 1.82) is 5.41 Å². The van der Waals surface area contributed by atoms with Crippen molar-refractivity contribution >= 4 is 12.3 Å². The van der Waals surface area contributed by atoms with E-state index in [4.69, 9.17) is 5.41 Å². The van der Waals surface area contributed by atoms with Crippen LogP contribution in [0, 0.1) is 5.41 Å². The van der Waals surface area contributed by atoms with E-state index < -0.39 is 0 Å². The normalized spacial score (nSPS) is 10.2. The molecule has 0 atom stereocenters. The Labute approximate surface area is 53.0 Å². The highest BCUT2D eigenvalue weighted by Gasteiger charge is 1.80. The van der Waals surface area contributed by atoms with Gasteiger partial charge in [-0.25, -0.2) is 4.98 Å². The summed E-state index contributed by atoms with van der Waals surface area (Å²) in [4.78, 5) is 6.66. The van der Waals surface area contributed by atoms with Gasteiger partial charge in [0.25, 0.3) is 0 Å². The third kappa shape index (κ3) is 1.53. The van der Waals surface area contributed by atoms with E-state index in [1.807, 2.05) is 0 Å². The van der Waals surface area contributed by atoms with Crippen LogP contribution in [0.1, 0.15) is 5.69 Å². The fourth-order valence-corrected chi connectivity index (χ4v) is 0.510. The van der Waals surface area contributed by atoms with E-state index in [-0.39, 0.29) is 0 Å². The van der Waals surface area contributed by atoms with Crippen molar-refractivity contribution in [2.24, 2.45) is 0 Å². The standard InChI is InChI=1S/C6H7N3/c7-3-1-2-6-4-8-5-9-6/h1-5,7H,(H,8,9)/b2-1-,7-3?. The van der Waals surface area contributed by atoms with Crippen LogP contribution in [-0.4, -0.2) is 16.2 Å². The molecule has 0 saturated heterocycles. The van der Waals surface area contributed by atoms with E-state index in [2.05, 4.69) is 9.97 Å². The number of nitrogens with one attached hydrogen (secondary N) is 2. The van der Waals surface area contributed by atoms with E-state index in [1.165, 1.54) is 6.21 Å². The lowest BCUT2D eigenvalue weighted by Gasteiger charge is -1.76. The van der Waals surface area contributed by atoms with Crippen molar-refractivity contribution in [1.82, 2.24) is 9.97 Å². The summed E-state index contributed by atoms with van der Waals surface area (Å²) in [6.07, 6.45) is 7.93. The molecule has 0 spiro atoms. The van der Waals surface area contributed by atoms with E-state index in [9.17, 15) is 0 Å². The Hall–Kier alpha value is -1.38. The fraction of sp³-hybridized carbons (Fsp3) is 0. The highest BCUT2D eigenvalue weighted by Crippen LogP contribution is 1.91. The molecule has 0 fully saturated rings. The van der Waals surface area contributed by atoms with Gasteiger partial charge in [-0.15, -0.1) is 0 Å². The molecule has 0 aliphatic rings. The third-order valence-corrected chi connectivity index (χ3v) is 0.891. The lowest BCUT2D eigenvalue weighted by atomic mass is 10.4. The van der Waals surface area contributed by atoms with Crippen LogP contribution < -0.4 is 0 Å². The molecule has 2 N–H and O–H groups in total. The Morgan fingerprint density at radius 1 is 1.67 bits per heavy atom. The van der Waals surface area contributed by atoms with Crippen LogP contribution >= 0.6 is 0 Å². The van der Waals surface area contributed by atoms with Gasteiger partial charge >= 0.3 is 0 Å². The second-order valence-electron chi connectivity index (χ2n) is 1.53. The maximum atomic E-state index is 6.66. The molecule has 1 aromatic heterocycles. The highest BCUT2D eigenvalue weighted by atomic mass is 14.8. The Balaban J connectivity index is 2.67. The first kappa shape index (κ1) is 5.75. The molecule has 0 radical (unpaired) electrons. The lowest BCUT2D eigenvalue weighted by molar-refractivity contribution is 1.31. The SMILES string of the molecule is N=C/C=C\c1cnc[nH]1. The van der Waals surface area contributed by atoms with E-state index in [1.54, 1.807) is 24.7 Å². The van der Waals surface area contributed by atoms with Gasteiger partial charge in [0.15, 0.2) is 0 Å². The molecule has 0 aromatic carbocycles. The molecule has 46 valence electrons. The van der Waals surface area contributed by atoms with Crippen LogP contribution in [0.15, 0.2) is 18.6 Å². The van der Waals surface area contributed by atoms with Crippen LogP contribution in [0.2, 0.25) is 0 Å². The summed E-state index contributed by atoms with van der Waals surface area (Å²) in [6, 6.07) is 0. The minimum atomic E-state index is 0.915. The number of aromatic amines is 1. The second kappa shape index (κ2) is 2.81. The van der Waals surface area contributed by atoms with Gasteiger partial charge in [0, 0.05) is 6.21 Å². The van der Waals surface area contributed by atoms with Crippen LogP contribution in [0.3, 0.4) is 0 Å². The van der Waals surface area contributed by atoms with E-state index in [0.29, 0.717) is 0 Å². The monoisotopic (exact) mass is 121 g/mol. The van der Waals surface area contributed by atoms with E-state index >= 15 is 0 Å². The Bertz CT molecular complexity index is 198.